The first-order valence-corrected chi connectivity index (χ1v) is 6.93. The van der Waals surface area contributed by atoms with Gasteiger partial charge in [0.1, 0.15) is 0 Å². The van der Waals surface area contributed by atoms with Gasteiger partial charge in [-0.05, 0) is 18.4 Å². The number of nitrogens with one attached hydrogen (secondary N) is 1. The highest BCUT2D eigenvalue weighted by molar-refractivity contribution is 5.19. The van der Waals surface area contributed by atoms with Crippen molar-refractivity contribution in [1.29, 1.82) is 0 Å². The van der Waals surface area contributed by atoms with Crippen molar-refractivity contribution in [1.82, 2.24) is 10.2 Å². The molecule has 3 N–H and O–H groups in total. The number of nitrogens with zero attached hydrogens (tertiary/aromatic N) is 1. The molecule has 3 heteroatoms. The van der Waals surface area contributed by atoms with Gasteiger partial charge in [0.2, 0.25) is 0 Å². The Morgan fingerprint density at radius 1 is 1.39 bits per heavy atom. The summed E-state index contributed by atoms with van der Waals surface area (Å²) in [6.07, 6.45) is 0. The third-order valence-electron chi connectivity index (χ3n) is 3.80. The lowest BCUT2D eigenvalue weighted by Gasteiger charge is -2.35. The molecule has 1 heterocycles. The molecule has 0 bridgehead atoms. The molecule has 1 fully saturated rings. The Labute approximate surface area is 110 Å². The van der Waals surface area contributed by atoms with Gasteiger partial charge in [-0.15, -0.1) is 0 Å². The summed E-state index contributed by atoms with van der Waals surface area (Å²) < 4.78 is 0. The lowest BCUT2D eigenvalue weighted by Crippen LogP contribution is -2.50. The molecule has 1 aliphatic heterocycles. The van der Waals surface area contributed by atoms with Crippen molar-refractivity contribution < 1.29 is 0 Å². The molecular formula is C15H25N3. The van der Waals surface area contributed by atoms with E-state index >= 15 is 0 Å². The van der Waals surface area contributed by atoms with Crippen molar-refractivity contribution in [3.63, 3.8) is 0 Å². The molecule has 1 saturated heterocycles. The summed E-state index contributed by atoms with van der Waals surface area (Å²) in [5.41, 5.74) is 7.59. The fourth-order valence-corrected chi connectivity index (χ4v) is 2.70. The van der Waals surface area contributed by atoms with Gasteiger partial charge in [0.15, 0.2) is 0 Å². The zero-order valence-electron chi connectivity index (χ0n) is 11.5. The molecule has 0 aliphatic carbocycles. The summed E-state index contributed by atoms with van der Waals surface area (Å²) in [5.74, 6) is 0.484. The van der Waals surface area contributed by atoms with E-state index in [0.29, 0.717) is 12.0 Å². The van der Waals surface area contributed by atoms with Crippen molar-refractivity contribution in [2.75, 3.05) is 26.2 Å². The van der Waals surface area contributed by atoms with Crippen molar-refractivity contribution >= 4 is 0 Å². The Hall–Kier alpha value is -0.900. The van der Waals surface area contributed by atoms with E-state index in [2.05, 4.69) is 48.3 Å². The zero-order chi connectivity index (χ0) is 13.0. The van der Waals surface area contributed by atoms with Gasteiger partial charge in [0.25, 0.3) is 0 Å². The first-order chi connectivity index (χ1) is 8.66. The molecule has 1 aliphatic rings. The number of piperazine rings is 1. The predicted molar refractivity (Wildman–Crippen MR) is 76.4 cm³/mol. The maximum absolute atomic E-state index is 6.35. The van der Waals surface area contributed by atoms with Crippen LogP contribution in [0.1, 0.15) is 25.5 Å². The molecule has 2 rings (SSSR count). The van der Waals surface area contributed by atoms with E-state index in [4.69, 9.17) is 5.73 Å². The monoisotopic (exact) mass is 247 g/mol. The van der Waals surface area contributed by atoms with Crippen LogP contribution in [0.15, 0.2) is 30.3 Å². The molecule has 0 aromatic heterocycles. The van der Waals surface area contributed by atoms with Crippen LogP contribution in [0.4, 0.5) is 0 Å². The molecule has 0 spiro atoms. The van der Waals surface area contributed by atoms with Crippen molar-refractivity contribution in [2.45, 2.75) is 25.9 Å². The maximum atomic E-state index is 6.35. The van der Waals surface area contributed by atoms with Gasteiger partial charge < -0.3 is 16.0 Å². The highest BCUT2D eigenvalue weighted by Gasteiger charge is 2.21. The Morgan fingerprint density at radius 3 is 2.78 bits per heavy atom. The molecule has 0 unspecified atom stereocenters. The van der Waals surface area contributed by atoms with Crippen LogP contribution in [0.3, 0.4) is 0 Å². The van der Waals surface area contributed by atoms with Crippen LogP contribution >= 0.6 is 0 Å². The predicted octanol–water partition coefficient (Wildman–Crippen LogP) is 1.62. The highest BCUT2D eigenvalue weighted by atomic mass is 15.2. The van der Waals surface area contributed by atoms with Crippen LogP contribution in [-0.2, 0) is 0 Å². The first kappa shape index (κ1) is 13.5. The van der Waals surface area contributed by atoms with E-state index in [1.54, 1.807) is 0 Å². The maximum Gasteiger partial charge on any atom is 0.0333 e. The smallest absolute Gasteiger partial charge is 0.0333 e. The average Bonchev–Trinajstić information content (AvgIpc) is 2.39. The van der Waals surface area contributed by atoms with E-state index in [1.807, 2.05) is 6.07 Å². The molecule has 0 saturated carbocycles. The Bertz CT molecular complexity index is 352. The molecule has 1 aromatic rings. The Morgan fingerprint density at radius 2 is 2.11 bits per heavy atom. The summed E-state index contributed by atoms with van der Waals surface area (Å²) in [4.78, 5) is 2.52. The minimum Gasteiger partial charge on any atom is -0.324 e. The minimum absolute atomic E-state index is 0.136. The van der Waals surface area contributed by atoms with Crippen LogP contribution in [-0.4, -0.2) is 37.1 Å². The van der Waals surface area contributed by atoms with Gasteiger partial charge >= 0.3 is 0 Å². The lowest BCUT2D eigenvalue weighted by atomic mass is 9.94. The standard InChI is InChI=1S/C15H25N3/c1-12(10-18-9-8-17-13(2)11-18)15(16)14-6-4-3-5-7-14/h3-7,12-13,15,17H,8-11,16H2,1-2H3/t12-,13+,15+/m0/s1. The van der Waals surface area contributed by atoms with E-state index in [9.17, 15) is 0 Å². The number of rotatable bonds is 4. The Kier molecular flexibility index (Phi) is 4.75. The number of hydrogen-bond acceptors (Lipinski definition) is 3. The summed E-state index contributed by atoms with van der Waals surface area (Å²) in [5, 5.41) is 3.47. The molecule has 0 radical (unpaired) electrons. The molecule has 3 atom stereocenters. The molecule has 1 aromatic carbocycles. The van der Waals surface area contributed by atoms with Crippen molar-refractivity contribution in [2.24, 2.45) is 11.7 Å². The average molecular weight is 247 g/mol. The fraction of sp³-hybridized carbons (Fsp3) is 0.600. The second-order valence-electron chi connectivity index (χ2n) is 5.53. The number of hydrogen-bond donors (Lipinski definition) is 2. The largest absolute Gasteiger partial charge is 0.324 e. The van der Waals surface area contributed by atoms with Crippen LogP contribution in [0, 0.1) is 5.92 Å². The molecule has 3 nitrogen and oxygen atoms in total. The SMILES string of the molecule is C[C@@H]1CN(C[C@H](C)[C@@H](N)c2ccccc2)CCN1. The van der Waals surface area contributed by atoms with Gasteiger partial charge in [-0.25, -0.2) is 0 Å². The molecule has 0 amide bonds. The van der Waals surface area contributed by atoms with Crippen LogP contribution in [0.5, 0.6) is 0 Å². The number of benzene rings is 1. The zero-order valence-corrected chi connectivity index (χ0v) is 11.5. The van der Waals surface area contributed by atoms with Crippen LogP contribution < -0.4 is 11.1 Å². The summed E-state index contributed by atoms with van der Waals surface area (Å²) >= 11 is 0. The minimum atomic E-state index is 0.136. The topological polar surface area (TPSA) is 41.3 Å². The molecule has 18 heavy (non-hydrogen) atoms. The molecular weight excluding hydrogens is 222 g/mol. The number of nitrogens with two attached hydrogens (primary N) is 1. The van der Waals surface area contributed by atoms with E-state index in [-0.39, 0.29) is 6.04 Å². The van der Waals surface area contributed by atoms with Crippen LogP contribution in [0.2, 0.25) is 0 Å². The van der Waals surface area contributed by atoms with Crippen molar-refractivity contribution in [3.8, 4) is 0 Å². The third kappa shape index (κ3) is 3.55. The van der Waals surface area contributed by atoms with Gasteiger partial charge in [0.05, 0.1) is 0 Å². The van der Waals surface area contributed by atoms with E-state index in [0.717, 1.165) is 26.2 Å². The quantitative estimate of drug-likeness (QED) is 0.849. The van der Waals surface area contributed by atoms with E-state index in [1.165, 1.54) is 5.56 Å². The van der Waals surface area contributed by atoms with Gasteiger partial charge in [-0.2, -0.15) is 0 Å². The lowest BCUT2D eigenvalue weighted by molar-refractivity contribution is 0.174. The highest BCUT2D eigenvalue weighted by Crippen LogP contribution is 2.20. The molecule has 100 valence electrons. The normalized spacial score (nSPS) is 24.7. The summed E-state index contributed by atoms with van der Waals surface area (Å²) in [6.45, 7) is 8.94. The second kappa shape index (κ2) is 6.32. The van der Waals surface area contributed by atoms with Gasteiger partial charge in [0, 0.05) is 38.3 Å². The summed E-state index contributed by atoms with van der Waals surface area (Å²) in [7, 11) is 0. The third-order valence-corrected chi connectivity index (χ3v) is 3.80. The van der Waals surface area contributed by atoms with Crippen molar-refractivity contribution in [3.05, 3.63) is 35.9 Å². The first-order valence-electron chi connectivity index (χ1n) is 6.93. The van der Waals surface area contributed by atoms with Crippen LogP contribution in [0.25, 0.3) is 0 Å². The second-order valence-corrected chi connectivity index (χ2v) is 5.53. The van der Waals surface area contributed by atoms with Gasteiger partial charge in [-0.3, -0.25) is 0 Å². The Balaban J connectivity index is 1.89. The van der Waals surface area contributed by atoms with E-state index < -0.39 is 0 Å². The van der Waals surface area contributed by atoms with Gasteiger partial charge in [-0.1, -0.05) is 37.3 Å². The summed E-state index contributed by atoms with van der Waals surface area (Å²) in [6, 6.07) is 11.2. The fourth-order valence-electron chi connectivity index (χ4n) is 2.70.